The summed E-state index contributed by atoms with van der Waals surface area (Å²) in [7, 11) is 0. The predicted molar refractivity (Wildman–Crippen MR) is 33.2 cm³/mol. The molecule has 0 bridgehead atoms. The van der Waals surface area contributed by atoms with Gasteiger partial charge in [0.25, 0.3) is 0 Å². The van der Waals surface area contributed by atoms with Gasteiger partial charge in [-0.25, -0.2) is 14.2 Å². The number of aliphatic imine (C=N–C) groups is 1. The van der Waals surface area contributed by atoms with Gasteiger partial charge in [-0.15, -0.1) is 0 Å². The quantitative estimate of drug-likeness (QED) is 0.374. The minimum atomic E-state index is -4.50. The van der Waals surface area contributed by atoms with Crippen molar-refractivity contribution in [2.75, 3.05) is 6.54 Å². The lowest BCUT2D eigenvalue weighted by Crippen LogP contribution is -2.16. The number of nitrogens with zero attached hydrogens (tertiary/aromatic N) is 1. The van der Waals surface area contributed by atoms with E-state index < -0.39 is 25.2 Å². The summed E-state index contributed by atoms with van der Waals surface area (Å²) in [5, 5.41) is 0. The Balaban J connectivity index is 3.59. The van der Waals surface area contributed by atoms with Crippen LogP contribution in [0.5, 0.6) is 0 Å². The Morgan fingerprint density at radius 2 is 2.00 bits per heavy atom. The second-order valence-electron chi connectivity index (χ2n) is 2.18. The van der Waals surface area contributed by atoms with Crippen LogP contribution in [0, 0.1) is 0 Å². The smallest absolute Gasteiger partial charge is 0.247 e. The molecule has 0 aliphatic rings. The number of alkyl halides is 4. The van der Waals surface area contributed by atoms with E-state index in [1.165, 1.54) is 0 Å². The van der Waals surface area contributed by atoms with E-state index in [0.29, 0.717) is 0 Å². The van der Waals surface area contributed by atoms with Crippen LogP contribution >= 0.6 is 0 Å². The monoisotopic (exact) mass is 185 g/mol. The summed E-state index contributed by atoms with van der Waals surface area (Å²) in [5.74, 6) is 0. The first-order valence-electron chi connectivity index (χ1n) is 3.20. The predicted octanol–water partition coefficient (Wildman–Crippen LogP) is 2.00. The van der Waals surface area contributed by atoms with Crippen LogP contribution in [0.15, 0.2) is 4.99 Å². The van der Waals surface area contributed by atoms with Crippen molar-refractivity contribution in [3.05, 3.63) is 0 Å². The average Bonchev–Trinajstić information content (AvgIpc) is 1.84. The maximum Gasteiger partial charge on any atom is 0.391 e. The highest BCUT2D eigenvalue weighted by Crippen LogP contribution is 2.24. The van der Waals surface area contributed by atoms with Crippen LogP contribution in [-0.2, 0) is 4.79 Å². The summed E-state index contributed by atoms with van der Waals surface area (Å²) in [6.45, 7) is -0.249. The fraction of sp³-hybridized carbons (Fsp3) is 0.833. The highest BCUT2D eigenvalue weighted by Gasteiger charge is 2.31. The molecular formula is C6H7F4NO. The third-order valence-electron chi connectivity index (χ3n) is 1.07. The molecular weight excluding hydrogens is 178 g/mol. The minimum absolute atomic E-state index is 0.249. The Morgan fingerprint density at radius 3 is 2.42 bits per heavy atom. The van der Waals surface area contributed by atoms with Crippen LogP contribution in [0.4, 0.5) is 17.6 Å². The number of hydrogen-bond acceptors (Lipinski definition) is 2. The van der Waals surface area contributed by atoms with Crippen LogP contribution in [-0.4, -0.2) is 25.0 Å². The van der Waals surface area contributed by atoms with Crippen molar-refractivity contribution in [3.8, 4) is 0 Å². The summed E-state index contributed by atoms with van der Waals surface area (Å²) >= 11 is 0. The van der Waals surface area contributed by atoms with E-state index in [1.807, 2.05) is 0 Å². The molecule has 12 heavy (non-hydrogen) atoms. The van der Waals surface area contributed by atoms with Crippen molar-refractivity contribution >= 4 is 6.08 Å². The molecule has 70 valence electrons. The van der Waals surface area contributed by atoms with Crippen molar-refractivity contribution in [2.24, 2.45) is 4.99 Å². The lowest BCUT2D eigenvalue weighted by molar-refractivity contribution is -0.146. The fourth-order valence-electron chi connectivity index (χ4n) is 0.603. The molecule has 0 amide bonds. The summed E-state index contributed by atoms with van der Waals surface area (Å²) < 4.78 is 46.7. The zero-order valence-electron chi connectivity index (χ0n) is 6.07. The fourth-order valence-corrected chi connectivity index (χ4v) is 0.603. The zero-order chi connectivity index (χ0) is 9.61. The molecule has 0 spiro atoms. The van der Waals surface area contributed by atoms with Gasteiger partial charge in [0.2, 0.25) is 6.08 Å². The Hall–Kier alpha value is -0.900. The van der Waals surface area contributed by atoms with Gasteiger partial charge in [-0.05, 0) is 6.42 Å². The summed E-state index contributed by atoms with van der Waals surface area (Å²) in [4.78, 5) is 12.4. The lowest BCUT2D eigenvalue weighted by Gasteiger charge is -2.08. The topological polar surface area (TPSA) is 29.4 Å². The molecule has 1 unspecified atom stereocenters. The Kier molecular flexibility index (Phi) is 4.51. The summed E-state index contributed by atoms with van der Waals surface area (Å²) in [6, 6.07) is 0. The maximum atomic E-state index is 12.3. The molecule has 0 aromatic rings. The van der Waals surface area contributed by atoms with Gasteiger partial charge in [-0.1, -0.05) is 0 Å². The summed E-state index contributed by atoms with van der Waals surface area (Å²) in [6.07, 6.45) is -7.25. The van der Waals surface area contributed by atoms with Crippen molar-refractivity contribution in [1.82, 2.24) is 0 Å². The van der Waals surface area contributed by atoms with Gasteiger partial charge in [0.05, 0.1) is 13.0 Å². The molecule has 0 aromatic heterocycles. The highest BCUT2D eigenvalue weighted by molar-refractivity contribution is 5.32. The molecule has 0 saturated heterocycles. The Bertz CT molecular complexity index is 173. The van der Waals surface area contributed by atoms with Crippen molar-refractivity contribution in [1.29, 1.82) is 0 Å². The molecule has 0 rings (SSSR count). The number of halogens is 4. The standard InChI is InChI=1S/C6H7F4NO/c7-5(1-2-11-4-12)3-6(8,9)10/h5H,1-3H2. The molecule has 2 nitrogen and oxygen atoms in total. The van der Waals surface area contributed by atoms with E-state index in [1.54, 1.807) is 0 Å². The van der Waals surface area contributed by atoms with E-state index in [2.05, 4.69) is 4.99 Å². The van der Waals surface area contributed by atoms with Crippen LogP contribution in [0.2, 0.25) is 0 Å². The highest BCUT2D eigenvalue weighted by atomic mass is 19.4. The number of carbonyl (C=O) groups excluding carboxylic acids is 1. The number of rotatable bonds is 4. The molecule has 6 heteroatoms. The first-order valence-corrected chi connectivity index (χ1v) is 3.20. The molecule has 0 aromatic carbocycles. The minimum Gasteiger partial charge on any atom is -0.247 e. The van der Waals surface area contributed by atoms with Gasteiger partial charge in [-0.3, -0.25) is 0 Å². The lowest BCUT2D eigenvalue weighted by atomic mass is 10.2. The van der Waals surface area contributed by atoms with Crippen molar-refractivity contribution in [3.63, 3.8) is 0 Å². The third kappa shape index (κ3) is 7.21. The summed E-state index contributed by atoms with van der Waals surface area (Å²) in [5.41, 5.74) is 0. The van der Waals surface area contributed by atoms with Crippen LogP contribution in [0.1, 0.15) is 12.8 Å². The molecule has 0 radical (unpaired) electrons. The van der Waals surface area contributed by atoms with Crippen LogP contribution < -0.4 is 0 Å². The van der Waals surface area contributed by atoms with Gasteiger partial charge in [0.15, 0.2) is 0 Å². The Labute approximate surface area is 66.3 Å². The third-order valence-corrected chi connectivity index (χ3v) is 1.07. The zero-order valence-corrected chi connectivity index (χ0v) is 6.07. The van der Waals surface area contributed by atoms with Crippen molar-refractivity contribution in [2.45, 2.75) is 25.2 Å². The van der Waals surface area contributed by atoms with Gasteiger partial charge in [-0.2, -0.15) is 13.2 Å². The molecule has 0 N–H and O–H groups in total. The van der Waals surface area contributed by atoms with Gasteiger partial charge in [0, 0.05) is 0 Å². The van der Waals surface area contributed by atoms with Gasteiger partial charge in [0.1, 0.15) is 6.17 Å². The van der Waals surface area contributed by atoms with E-state index in [-0.39, 0.29) is 6.54 Å². The first kappa shape index (κ1) is 11.1. The van der Waals surface area contributed by atoms with Crippen LogP contribution in [0.3, 0.4) is 0 Å². The van der Waals surface area contributed by atoms with Crippen LogP contribution in [0.25, 0.3) is 0 Å². The second kappa shape index (κ2) is 4.87. The largest absolute Gasteiger partial charge is 0.391 e. The molecule has 0 heterocycles. The molecule has 1 atom stereocenters. The van der Waals surface area contributed by atoms with E-state index in [4.69, 9.17) is 0 Å². The molecule has 0 saturated carbocycles. The van der Waals surface area contributed by atoms with E-state index in [9.17, 15) is 22.4 Å². The van der Waals surface area contributed by atoms with Crippen molar-refractivity contribution < 1.29 is 22.4 Å². The van der Waals surface area contributed by atoms with E-state index >= 15 is 0 Å². The molecule has 0 aliphatic carbocycles. The van der Waals surface area contributed by atoms with Gasteiger partial charge < -0.3 is 0 Å². The Morgan fingerprint density at radius 1 is 1.42 bits per heavy atom. The SMILES string of the molecule is O=C=NCCC(F)CC(F)(F)F. The average molecular weight is 185 g/mol. The maximum absolute atomic E-state index is 12.3. The van der Waals surface area contributed by atoms with Gasteiger partial charge >= 0.3 is 6.18 Å². The normalized spacial score (nSPS) is 13.7. The number of hydrogen-bond donors (Lipinski definition) is 0. The number of isocyanates is 1. The molecule has 0 fully saturated rings. The second-order valence-corrected chi connectivity index (χ2v) is 2.18. The first-order chi connectivity index (χ1) is 5.45. The molecule has 0 aliphatic heterocycles. The van der Waals surface area contributed by atoms with E-state index in [0.717, 1.165) is 6.08 Å².